The highest BCUT2D eigenvalue weighted by Crippen LogP contribution is 2.13. The molecule has 0 amide bonds. The number of nitrogens with one attached hydrogen (secondary N) is 1. The number of ether oxygens (including phenoxy) is 1. The van der Waals surface area contributed by atoms with Crippen LogP contribution in [0.15, 0.2) is 30.3 Å². The molecule has 0 saturated carbocycles. The predicted molar refractivity (Wildman–Crippen MR) is 66.9 cm³/mol. The summed E-state index contributed by atoms with van der Waals surface area (Å²) in [7, 11) is -3.49. The van der Waals surface area contributed by atoms with Crippen molar-refractivity contribution in [1.82, 2.24) is 4.89 Å². The third-order valence-corrected chi connectivity index (χ3v) is 3.71. The molecule has 18 heavy (non-hydrogen) atoms. The van der Waals surface area contributed by atoms with Crippen molar-refractivity contribution in [2.75, 3.05) is 6.61 Å². The number of benzene rings is 1. The van der Waals surface area contributed by atoms with Gasteiger partial charge in [0.05, 0.1) is 5.75 Å². The maximum absolute atomic E-state index is 11.8. The van der Waals surface area contributed by atoms with Crippen molar-refractivity contribution >= 4 is 10.0 Å². The number of rotatable bonds is 5. The zero-order valence-electron chi connectivity index (χ0n) is 10.0. The average Bonchev–Trinajstić information content (AvgIpc) is 2.38. The van der Waals surface area contributed by atoms with Gasteiger partial charge in [-0.25, -0.2) is 8.42 Å². The van der Waals surface area contributed by atoms with E-state index in [0.717, 1.165) is 18.4 Å². The fourth-order valence-electron chi connectivity index (χ4n) is 1.75. The molecule has 1 aromatic rings. The maximum atomic E-state index is 11.8. The van der Waals surface area contributed by atoms with Crippen LogP contribution in [0.5, 0.6) is 0 Å². The van der Waals surface area contributed by atoms with Gasteiger partial charge in [0.2, 0.25) is 10.0 Å². The van der Waals surface area contributed by atoms with E-state index in [4.69, 9.17) is 9.57 Å². The van der Waals surface area contributed by atoms with Gasteiger partial charge in [-0.2, -0.15) is 0 Å². The molecule has 0 aliphatic carbocycles. The molecule has 1 aliphatic heterocycles. The van der Waals surface area contributed by atoms with E-state index in [1.165, 1.54) is 0 Å². The molecule has 1 aliphatic rings. The lowest BCUT2D eigenvalue weighted by atomic mass is 10.2. The molecule has 1 aromatic carbocycles. The Balaban J connectivity index is 1.83. The molecule has 1 fully saturated rings. The summed E-state index contributed by atoms with van der Waals surface area (Å²) in [4.78, 5) is 7.18. The minimum absolute atomic E-state index is 0.0967. The normalized spacial score (nSPS) is 20.8. The fraction of sp³-hybridized carbons (Fsp3) is 0.500. The second-order valence-corrected chi connectivity index (χ2v) is 5.93. The second kappa shape index (κ2) is 6.29. The molecule has 0 spiro atoms. The van der Waals surface area contributed by atoms with E-state index < -0.39 is 16.3 Å². The van der Waals surface area contributed by atoms with E-state index in [9.17, 15) is 8.42 Å². The van der Waals surface area contributed by atoms with Crippen LogP contribution in [0.1, 0.15) is 24.8 Å². The lowest BCUT2D eigenvalue weighted by Crippen LogP contribution is -2.33. The highest BCUT2D eigenvalue weighted by atomic mass is 32.2. The molecule has 1 saturated heterocycles. The van der Waals surface area contributed by atoms with E-state index in [1.54, 1.807) is 24.3 Å². The molecule has 1 N–H and O–H groups in total. The topological polar surface area (TPSA) is 64.6 Å². The summed E-state index contributed by atoms with van der Waals surface area (Å²) < 4.78 is 28.8. The van der Waals surface area contributed by atoms with Crippen LogP contribution in [-0.2, 0) is 25.4 Å². The Labute approximate surface area is 107 Å². The lowest BCUT2D eigenvalue weighted by molar-refractivity contribution is -0.179. The Morgan fingerprint density at radius 1 is 1.28 bits per heavy atom. The van der Waals surface area contributed by atoms with E-state index in [2.05, 4.69) is 4.89 Å². The SMILES string of the molecule is O=S(=O)(Cc1ccccc1)NOC1CCCCO1. The highest BCUT2D eigenvalue weighted by molar-refractivity contribution is 7.88. The predicted octanol–water partition coefficient (Wildman–Crippen LogP) is 1.56. The number of hydrogen-bond acceptors (Lipinski definition) is 4. The average molecular weight is 271 g/mol. The Hall–Kier alpha value is -0.950. The minimum Gasteiger partial charge on any atom is -0.351 e. The summed E-state index contributed by atoms with van der Waals surface area (Å²) in [5, 5.41) is 0. The van der Waals surface area contributed by atoms with Crippen LogP contribution in [0.4, 0.5) is 0 Å². The van der Waals surface area contributed by atoms with Crippen molar-refractivity contribution in [2.45, 2.75) is 31.3 Å². The van der Waals surface area contributed by atoms with Crippen molar-refractivity contribution in [2.24, 2.45) is 0 Å². The Kier molecular flexibility index (Phi) is 4.71. The molecule has 6 heteroatoms. The number of hydrogen-bond donors (Lipinski definition) is 1. The minimum atomic E-state index is -3.49. The standard InChI is InChI=1S/C12H17NO4S/c14-18(15,10-11-6-2-1-3-7-11)13-17-12-8-4-5-9-16-12/h1-3,6-7,12-13H,4-5,8-10H2. The van der Waals surface area contributed by atoms with Crippen LogP contribution >= 0.6 is 0 Å². The third-order valence-electron chi connectivity index (χ3n) is 2.64. The van der Waals surface area contributed by atoms with Crippen LogP contribution in [0.3, 0.4) is 0 Å². The van der Waals surface area contributed by atoms with Crippen LogP contribution in [0, 0.1) is 0 Å². The molecule has 0 aromatic heterocycles. The smallest absolute Gasteiger partial charge is 0.237 e. The van der Waals surface area contributed by atoms with Gasteiger partial charge in [0.1, 0.15) is 0 Å². The molecule has 0 bridgehead atoms. The van der Waals surface area contributed by atoms with Crippen molar-refractivity contribution in [1.29, 1.82) is 0 Å². The molecule has 0 radical (unpaired) electrons. The van der Waals surface area contributed by atoms with E-state index in [0.29, 0.717) is 13.0 Å². The van der Waals surface area contributed by atoms with Crippen LogP contribution in [0.2, 0.25) is 0 Å². The first kappa shape index (κ1) is 13.5. The van der Waals surface area contributed by atoms with E-state index in [1.807, 2.05) is 6.07 Å². The Bertz CT molecular complexity index is 454. The first-order valence-corrected chi connectivity index (χ1v) is 7.62. The van der Waals surface area contributed by atoms with Crippen molar-refractivity contribution in [3.63, 3.8) is 0 Å². The zero-order chi connectivity index (χ0) is 12.8. The third kappa shape index (κ3) is 4.38. The summed E-state index contributed by atoms with van der Waals surface area (Å²) in [6.07, 6.45) is 2.24. The number of sulfonamides is 1. The first-order valence-electron chi connectivity index (χ1n) is 5.96. The summed E-state index contributed by atoms with van der Waals surface area (Å²) >= 11 is 0. The molecule has 1 atom stereocenters. The van der Waals surface area contributed by atoms with Crippen LogP contribution in [0.25, 0.3) is 0 Å². The molecule has 1 unspecified atom stereocenters. The maximum Gasteiger partial charge on any atom is 0.237 e. The van der Waals surface area contributed by atoms with Gasteiger partial charge in [-0.05, 0) is 18.4 Å². The van der Waals surface area contributed by atoms with Crippen molar-refractivity contribution in [3.05, 3.63) is 35.9 Å². The summed E-state index contributed by atoms with van der Waals surface area (Å²) in [6, 6.07) is 8.97. The molecular formula is C12H17NO4S. The lowest BCUT2D eigenvalue weighted by Gasteiger charge is -2.22. The molecule has 5 nitrogen and oxygen atoms in total. The first-order chi connectivity index (χ1) is 8.66. The van der Waals surface area contributed by atoms with Gasteiger partial charge in [-0.15, -0.1) is 0 Å². The highest BCUT2D eigenvalue weighted by Gasteiger charge is 2.18. The van der Waals surface area contributed by atoms with Gasteiger partial charge in [0.15, 0.2) is 6.29 Å². The van der Waals surface area contributed by atoms with Crippen LogP contribution in [-0.4, -0.2) is 21.3 Å². The van der Waals surface area contributed by atoms with Gasteiger partial charge in [-0.3, -0.25) is 4.84 Å². The molecule has 100 valence electrons. The Morgan fingerprint density at radius 2 is 2.06 bits per heavy atom. The van der Waals surface area contributed by atoms with Gasteiger partial charge in [0.25, 0.3) is 0 Å². The zero-order valence-corrected chi connectivity index (χ0v) is 10.9. The van der Waals surface area contributed by atoms with Gasteiger partial charge in [0, 0.05) is 13.0 Å². The van der Waals surface area contributed by atoms with Crippen LogP contribution < -0.4 is 4.89 Å². The van der Waals surface area contributed by atoms with Gasteiger partial charge < -0.3 is 4.74 Å². The molecular weight excluding hydrogens is 254 g/mol. The second-order valence-electron chi connectivity index (χ2n) is 4.24. The summed E-state index contributed by atoms with van der Waals surface area (Å²) in [5.41, 5.74) is 0.721. The summed E-state index contributed by atoms with van der Waals surface area (Å²) in [5.74, 6) is -0.0967. The Morgan fingerprint density at radius 3 is 2.72 bits per heavy atom. The largest absolute Gasteiger partial charge is 0.351 e. The van der Waals surface area contributed by atoms with Gasteiger partial charge in [-0.1, -0.05) is 35.2 Å². The quantitative estimate of drug-likeness (QED) is 0.825. The van der Waals surface area contributed by atoms with Gasteiger partial charge >= 0.3 is 0 Å². The van der Waals surface area contributed by atoms with Crippen molar-refractivity contribution < 1.29 is 18.0 Å². The summed E-state index contributed by atoms with van der Waals surface area (Å²) in [6.45, 7) is 0.616. The molecule has 1 heterocycles. The van der Waals surface area contributed by atoms with E-state index >= 15 is 0 Å². The monoisotopic (exact) mass is 271 g/mol. The van der Waals surface area contributed by atoms with Crippen molar-refractivity contribution in [3.8, 4) is 0 Å². The van der Waals surface area contributed by atoms with E-state index in [-0.39, 0.29) is 5.75 Å². The molecule has 2 rings (SSSR count). The fourth-order valence-corrected chi connectivity index (χ4v) is 2.70.